The number of Topliss-reactive ketones (excluding diaryl/α,β-unsaturated/α-hetero) is 1. The quantitative estimate of drug-likeness (QED) is 0.757. The standard InChI is InChI=1S/C21H31NO5/c1-13-16-12-26-11-15(16)9-17(23)19(13)18(24)10-22-7-5-14(6-8-22)20(25)27-21(2,3)4/h11,14,18-19,24H,5-10,12H2,1-4H3/t18-,19?/m0/s1. The molecule has 2 aliphatic heterocycles. The fourth-order valence-electron chi connectivity index (χ4n) is 4.24. The van der Waals surface area contributed by atoms with Gasteiger partial charge in [-0.15, -0.1) is 0 Å². The van der Waals surface area contributed by atoms with E-state index in [1.807, 2.05) is 27.7 Å². The van der Waals surface area contributed by atoms with Crippen molar-refractivity contribution in [2.24, 2.45) is 11.8 Å². The molecule has 1 N–H and O–H groups in total. The summed E-state index contributed by atoms with van der Waals surface area (Å²) in [7, 11) is 0. The predicted molar refractivity (Wildman–Crippen MR) is 101 cm³/mol. The van der Waals surface area contributed by atoms with Gasteiger partial charge in [0.05, 0.1) is 24.2 Å². The van der Waals surface area contributed by atoms with E-state index in [1.165, 1.54) is 0 Å². The monoisotopic (exact) mass is 377 g/mol. The van der Waals surface area contributed by atoms with Gasteiger partial charge in [0.1, 0.15) is 18.0 Å². The van der Waals surface area contributed by atoms with Gasteiger partial charge in [-0.1, -0.05) is 5.57 Å². The van der Waals surface area contributed by atoms with Crippen LogP contribution in [0.2, 0.25) is 0 Å². The Morgan fingerprint density at radius 2 is 2.04 bits per heavy atom. The van der Waals surface area contributed by atoms with E-state index >= 15 is 0 Å². The maximum absolute atomic E-state index is 12.5. The van der Waals surface area contributed by atoms with Gasteiger partial charge in [0.2, 0.25) is 0 Å². The molecule has 2 heterocycles. The van der Waals surface area contributed by atoms with Gasteiger partial charge in [0.15, 0.2) is 0 Å². The fourth-order valence-corrected chi connectivity index (χ4v) is 4.24. The van der Waals surface area contributed by atoms with Gasteiger partial charge in [-0.25, -0.2) is 0 Å². The van der Waals surface area contributed by atoms with E-state index in [1.54, 1.807) is 6.26 Å². The number of ether oxygens (including phenoxy) is 2. The number of esters is 1. The van der Waals surface area contributed by atoms with Crippen LogP contribution in [0.1, 0.15) is 47.0 Å². The molecule has 0 spiro atoms. The normalized spacial score (nSPS) is 25.7. The Bertz CT molecular complexity index is 665. The lowest BCUT2D eigenvalue weighted by molar-refractivity contribution is -0.161. The van der Waals surface area contributed by atoms with Crippen molar-refractivity contribution in [2.45, 2.75) is 58.7 Å². The van der Waals surface area contributed by atoms with Crippen LogP contribution >= 0.6 is 0 Å². The Labute approximate surface area is 161 Å². The van der Waals surface area contributed by atoms with Crippen molar-refractivity contribution in [1.82, 2.24) is 4.90 Å². The Balaban J connectivity index is 1.55. The molecule has 3 aliphatic rings. The maximum Gasteiger partial charge on any atom is 0.309 e. The Hall–Kier alpha value is -1.66. The Kier molecular flexibility index (Phi) is 5.77. The number of hydrogen-bond acceptors (Lipinski definition) is 6. The summed E-state index contributed by atoms with van der Waals surface area (Å²) < 4.78 is 10.8. The van der Waals surface area contributed by atoms with Crippen LogP contribution in [-0.4, -0.2) is 59.7 Å². The predicted octanol–water partition coefficient (Wildman–Crippen LogP) is 2.22. The highest BCUT2D eigenvalue weighted by atomic mass is 16.6. The fraction of sp³-hybridized carbons (Fsp3) is 0.714. The van der Waals surface area contributed by atoms with Crippen LogP contribution in [0, 0.1) is 11.8 Å². The third-order valence-corrected chi connectivity index (χ3v) is 5.65. The molecule has 6 nitrogen and oxygen atoms in total. The second-order valence-electron chi connectivity index (χ2n) is 8.91. The SMILES string of the molecule is CC1=C2COC=C2CC(=O)C1[C@@H](O)CN1CCC(C(=O)OC(C)(C)C)CC1. The van der Waals surface area contributed by atoms with Gasteiger partial charge in [0.25, 0.3) is 0 Å². The first-order valence-corrected chi connectivity index (χ1v) is 9.82. The second kappa shape index (κ2) is 7.76. The molecule has 0 aromatic heterocycles. The molecular weight excluding hydrogens is 346 g/mol. The van der Waals surface area contributed by atoms with Crippen molar-refractivity contribution in [1.29, 1.82) is 0 Å². The number of carbonyl (C=O) groups is 2. The number of rotatable bonds is 4. The summed E-state index contributed by atoms with van der Waals surface area (Å²) in [5, 5.41) is 10.8. The average molecular weight is 377 g/mol. The van der Waals surface area contributed by atoms with Gasteiger partial charge in [-0.05, 0) is 59.2 Å². The van der Waals surface area contributed by atoms with E-state index in [4.69, 9.17) is 9.47 Å². The van der Waals surface area contributed by atoms with E-state index in [-0.39, 0.29) is 17.7 Å². The minimum absolute atomic E-state index is 0.0594. The summed E-state index contributed by atoms with van der Waals surface area (Å²) in [6, 6.07) is 0. The lowest BCUT2D eigenvalue weighted by Gasteiger charge is -2.36. The van der Waals surface area contributed by atoms with E-state index < -0.39 is 17.6 Å². The number of β-amino-alcohol motifs (C(OH)–C–C–N with tert-alkyl or cyclic N) is 1. The molecule has 0 radical (unpaired) electrons. The highest BCUT2D eigenvalue weighted by molar-refractivity contribution is 5.90. The summed E-state index contributed by atoms with van der Waals surface area (Å²) in [6.07, 6.45) is 2.73. The molecule has 150 valence electrons. The number of hydrogen-bond donors (Lipinski definition) is 1. The van der Waals surface area contributed by atoms with Gasteiger partial charge >= 0.3 is 5.97 Å². The molecule has 1 aliphatic carbocycles. The Morgan fingerprint density at radius 3 is 2.67 bits per heavy atom. The number of carbonyl (C=O) groups excluding carboxylic acids is 2. The van der Waals surface area contributed by atoms with Crippen molar-refractivity contribution < 1.29 is 24.2 Å². The lowest BCUT2D eigenvalue weighted by atomic mass is 9.77. The summed E-state index contributed by atoms with van der Waals surface area (Å²) in [5.41, 5.74) is 2.50. The average Bonchev–Trinajstić information content (AvgIpc) is 3.02. The maximum atomic E-state index is 12.5. The van der Waals surface area contributed by atoms with Gasteiger partial charge in [0, 0.05) is 18.5 Å². The summed E-state index contributed by atoms with van der Waals surface area (Å²) >= 11 is 0. The second-order valence-corrected chi connectivity index (χ2v) is 8.91. The number of fused-ring (bicyclic) bond motifs is 1. The minimum Gasteiger partial charge on any atom is -0.496 e. The van der Waals surface area contributed by atoms with Crippen LogP contribution in [0.5, 0.6) is 0 Å². The molecule has 3 rings (SSSR count). The molecular formula is C21H31NO5. The number of nitrogens with zero attached hydrogens (tertiary/aromatic N) is 1. The van der Waals surface area contributed by atoms with E-state index in [9.17, 15) is 14.7 Å². The zero-order valence-electron chi connectivity index (χ0n) is 16.8. The number of piperidine rings is 1. The van der Waals surface area contributed by atoms with Crippen LogP contribution < -0.4 is 0 Å². The number of aliphatic hydroxyl groups is 1. The summed E-state index contributed by atoms with van der Waals surface area (Å²) in [4.78, 5) is 26.9. The molecule has 2 atom stereocenters. The molecule has 27 heavy (non-hydrogen) atoms. The Morgan fingerprint density at radius 1 is 1.37 bits per heavy atom. The smallest absolute Gasteiger partial charge is 0.309 e. The molecule has 1 fully saturated rings. The number of likely N-dealkylation sites (tertiary alicyclic amines) is 1. The lowest BCUT2D eigenvalue weighted by Crippen LogP contribution is -2.45. The highest BCUT2D eigenvalue weighted by Crippen LogP contribution is 2.36. The molecule has 0 aromatic rings. The van der Waals surface area contributed by atoms with Gasteiger partial charge < -0.3 is 19.5 Å². The van der Waals surface area contributed by atoms with Gasteiger partial charge in [-0.3, -0.25) is 9.59 Å². The van der Waals surface area contributed by atoms with Crippen molar-refractivity contribution in [2.75, 3.05) is 26.2 Å². The van der Waals surface area contributed by atoms with E-state index in [2.05, 4.69) is 4.90 Å². The van der Waals surface area contributed by atoms with Crippen LogP contribution in [0.3, 0.4) is 0 Å². The van der Waals surface area contributed by atoms with Crippen LogP contribution in [0.15, 0.2) is 23.0 Å². The summed E-state index contributed by atoms with van der Waals surface area (Å²) in [6.45, 7) is 9.97. The zero-order chi connectivity index (χ0) is 19.8. The van der Waals surface area contributed by atoms with Gasteiger partial charge in [-0.2, -0.15) is 0 Å². The van der Waals surface area contributed by atoms with Crippen LogP contribution in [0.25, 0.3) is 0 Å². The van der Waals surface area contributed by atoms with Crippen molar-refractivity contribution >= 4 is 11.8 Å². The van der Waals surface area contributed by atoms with E-state index in [0.717, 1.165) is 42.7 Å². The van der Waals surface area contributed by atoms with Crippen LogP contribution in [0.4, 0.5) is 0 Å². The first-order valence-electron chi connectivity index (χ1n) is 9.82. The number of ketones is 1. The first kappa shape index (κ1) is 20.1. The van der Waals surface area contributed by atoms with Crippen molar-refractivity contribution in [3.63, 3.8) is 0 Å². The largest absolute Gasteiger partial charge is 0.496 e. The topological polar surface area (TPSA) is 76.1 Å². The zero-order valence-corrected chi connectivity index (χ0v) is 16.8. The molecule has 0 amide bonds. The molecule has 1 saturated heterocycles. The third-order valence-electron chi connectivity index (χ3n) is 5.65. The first-order chi connectivity index (χ1) is 12.7. The summed E-state index contributed by atoms with van der Waals surface area (Å²) in [5.74, 6) is -0.612. The molecule has 0 aromatic carbocycles. The molecule has 6 heteroatoms. The van der Waals surface area contributed by atoms with Crippen molar-refractivity contribution in [3.8, 4) is 0 Å². The van der Waals surface area contributed by atoms with Crippen molar-refractivity contribution in [3.05, 3.63) is 23.0 Å². The minimum atomic E-state index is -0.731. The molecule has 1 unspecified atom stereocenters. The third kappa shape index (κ3) is 4.61. The molecule has 0 saturated carbocycles. The highest BCUT2D eigenvalue weighted by Gasteiger charge is 2.38. The van der Waals surface area contributed by atoms with Crippen LogP contribution in [-0.2, 0) is 19.1 Å². The number of aliphatic hydroxyl groups excluding tert-OH is 1. The van der Waals surface area contributed by atoms with E-state index in [0.29, 0.717) is 19.6 Å². The molecule has 0 bridgehead atoms.